The lowest BCUT2D eigenvalue weighted by atomic mass is 10.1. The minimum absolute atomic E-state index is 0.00635. The molecule has 0 radical (unpaired) electrons. The lowest BCUT2D eigenvalue weighted by Gasteiger charge is -2.30. The Kier molecular flexibility index (Phi) is 6.19. The molecule has 7 heteroatoms. The van der Waals surface area contributed by atoms with Crippen molar-refractivity contribution in [3.05, 3.63) is 0 Å². The van der Waals surface area contributed by atoms with Crippen LogP contribution < -0.4 is 5.32 Å². The van der Waals surface area contributed by atoms with Crippen molar-refractivity contribution in [3.63, 3.8) is 0 Å². The molecule has 0 aliphatic carbocycles. The fourth-order valence-electron chi connectivity index (χ4n) is 3.42. The van der Waals surface area contributed by atoms with Gasteiger partial charge in [0.15, 0.2) is 9.84 Å². The lowest BCUT2D eigenvalue weighted by Crippen LogP contribution is -2.52. The standard InChI is InChI=1S/C15H28N2O3S2/c1-4-21-14(11(2)3)15(18)16-12-9-22(19,20)10-13(12)17-7-5-6-8-17/h11-14H,4-10H2,1-3H3,(H,16,18)/t12-,13-,14+/m1/s1. The first-order valence-electron chi connectivity index (χ1n) is 8.20. The molecule has 3 atom stereocenters. The third-order valence-corrected chi connectivity index (χ3v) is 7.64. The molecule has 0 spiro atoms. The van der Waals surface area contributed by atoms with Crippen LogP contribution in [0.4, 0.5) is 0 Å². The molecule has 1 N–H and O–H groups in total. The van der Waals surface area contributed by atoms with Gasteiger partial charge in [0.2, 0.25) is 5.91 Å². The van der Waals surface area contributed by atoms with Crippen molar-refractivity contribution in [2.24, 2.45) is 5.92 Å². The summed E-state index contributed by atoms with van der Waals surface area (Å²) in [7, 11) is -3.05. The molecule has 0 aromatic carbocycles. The average Bonchev–Trinajstić information content (AvgIpc) is 3.02. The molecule has 2 saturated heterocycles. The van der Waals surface area contributed by atoms with Gasteiger partial charge in [0.1, 0.15) is 0 Å². The van der Waals surface area contributed by atoms with Gasteiger partial charge in [0.05, 0.1) is 22.8 Å². The smallest absolute Gasteiger partial charge is 0.233 e. The van der Waals surface area contributed by atoms with E-state index in [1.54, 1.807) is 11.8 Å². The van der Waals surface area contributed by atoms with Gasteiger partial charge in [-0.15, -0.1) is 11.8 Å². The number of amides is 1. The van der Waals surface area contributed by atoms with E-state index in [-0.39, 0.29) is 40.7 Å². The molecule has 0 unspecified atom stereocenters. The molecule has 0 aromatic rings. The summed E-state index contributed by atoms with van der Waals surface area (Å²) < 4.78 is 24.1. The van der Waals surface area contributed by atoms with Crippen LogP contribution in [0.1, 0.15) is 33.6 Å². The summed E-state index contributed by atoms with van der Waals surface area (Å²) in [4.78, 5) is 14.8. The maximum atomic E-state index is 12.6. The Morgan fingerprint density at radius 3 is 2.45 bits per heavy atom. The van der Waals surface area contributed by atoms with E-state index in [9.17, 15) is 13.2 Å². The van der Waals surface area contributed by atoms with Gasteiger partial charge in [-0.25, -0.2) is 8.42 Å². The number of sulfone groups is 1. The molecule has 2 aliphatic heterocycles. The SMILES string of the molecule is CCS[C@H](C(=O)N[C@@H]1CS(=O)(=O)C[C@H]1N1CCCC1)C(C)C. The van der Waals surface area contributed by atoms with Gasteiger partial charge >= 0.3 is 0 Å². The fraction of sp³-hybridized carbons (Fsp3) is 0.933. The number of carbonyl (C=O) groups is 1. The zero-order valence-corrected chi connectivity index (χ0v) is 15.4. The van der Waals surface area contributed by atoms with E-state index in [0.29, 0.717) is 0 Å². The van der Waals surface area contributed by atoms with Crippen LogP contribution in [-0.4, -0.2) is 66.9 Å². The Morgan fingerprint density at radius 2 is 1.91 bits per heavy atom. The molecule has 128 valence electrons. The Bertz CT molecular complexity index is 487. The molecule has 5 nitrogen and oxygen atoms in total. The second-order valence-corrected chi connectivity index (χ2v) is 10.2. The van der Waals surface area contributed by atoms with Crippen molar-refractivity contribution in [1.82, 2.24) is 10.2 Å². The normalized spacial score (nSPS) is 29.8. The van der Waals surface area contributed by atoms with Crippen molar-refractivity contribution < 1.29 is 13.2 Å². The Labute approximate surface area is 138 Å². The van der Waals surface area contributed by atoms with Gasteiger partial charge in [-0.2, -0.15) is 0 Å². The number of hydrogen-bond acceptors (Lipinski definition) is 5. The first-order chi connectivity index (χ1) is 10.3. The first-order valence-corrected chi connectivity index (χ1v) is 11.1. The molecule has 0 aromatic heterocycles. The Balaban J connectivity index is 2.06. The van der Waals surface area contributed by atoms with Crippen molar-refractivity contribution in [2.45, 2.75) is 50.9 Å². The molecule has 0 saturated carbocycles. The molecular formula is C15H28N2O3S2. The van der Waals surface area contributed by atoms with Crippen molar-refractivity contribution in [2.75, 3.05) is 30.3 Å². The van der Waals surface area contributed by atoms with E-state index in [2.05, 4.69) is 10.2 Å². The number of carbonyl (C=O) groups excluding carboxylic acids is 1. The lowest BCUT2D eigenvalue weighted by molar-refractivity contribution is -0.122. The van der Waals surface area contributed by atoms with E-state index >= 15 is 0 Å². The number of nitrogens with zero attached hydrogens (tertiary/aromatic N) is 1. The Hall–Kier alpha value is -0.270. The minimum Gasteiger partial charge on any atom is -0.350 e. The summed E-state index contributed by atoms with van der Waals surface area (Å²) in [6.07, 6.45) is 2.25. The monoisotopic (exact) mass is 348 g/mol. The van der Waals surface area contributed by atoms with Gasteiger partial charge in [-0.3, -0.25) is 9.69 Å². The summed E-state index contributed by atoms with van der Waals surface area (Å²) in [6, 6.07) is -0.301. The minimum atomic E-state index is -3.05. The summed E-state index contributed by atoms with van der Waals surface area (Å²) in [6.45, 7) is 8.01. The highest BCUT2D eigenvalue weighted by molar-refractivity contribution is 8.00. The number of hydrogen-bond donors (Lipinski definition) is 1. The van der Waals surface area contributed by atoms with Crippen LogP contribution in [0.2, 0.25) is 0 Å². The summed E-state index contributed by atoms with van der Waals surface area (Å²) in [5.74, 6) is 1.39. The number of thioether (sulfide) groups is 1. The molecule has 2 fully saturated rings. The van der Waals surface area contributed by atoms with E-state index < -0.39 is 9.84 Å². The quantitative estimate of drug-likeness (QED) is 0.780. The largest absolute Gasteiger partial charge is 0.350 e. The van der Waals surface area contributed by atoms with Gasteiger partial charge in [-0.1, -0.05) is 20.8 Å². The van der Waals surface area contributed by atoms with Crippen LogP contribution in [0.3, 0.4) is 0 Å². The van der Waals surface area contributed by atoms with E-state index in [1.165, 1.54) is 0 Å². The van der Waals surface area contributed by atoms with Gasteiger partial charge in [0, 0.05) is 6.04 Å². The molecule has 2 heterocycles. The Morgan fingerprint density at radius 1 is 1.27 bits per heavy atom. The highest BCUT2D eigenvalue weighted by Gasteiger charge is 2.43. The number of nitrogens with one attached hydrogen (secondary N) is 1. The van der Waals surface area contributed by atoms with Gasteiger partial charge < -0.3 is 5.32 Å². The van der Waals surface area contributed by atoms with Crippen molar-refractivity contribution in [3.8, 4) is 0 Å². The van der Waals surface area contributed by atoms with E-state index in [4.69, 9.17) is 0 Å². The van der Waals surface area contributed by atoms with Crippen LogP contribution >= 0.6 is 11.8 Å². The van der Waals surface area contributed by atoms with Crippen molar-refractivity contribution >= 4 is 27.5 Å². The van der Waals surface area contributed by atoms with Crippen LogP contribution in [0.5, 0.6) is 0 Å². The van der Waals surface area contributed by atoms with Crippen LogP contribution in [0, 0.1) is 5.92 Å². The van der Waals surface area contributed by atoms with Crippen LogP contribution in [0.25, 0.3) is 0 Å². The topological polar surface area (TPSA) is 66.5 Å². The predicted octanol–water partition coefficient (Wildman–Crippen LogP) is 1.14. The summed E-state index contributed by atoms with van der Waals surface area (Å²) >= 11 is 1.63. The average molecular weight is 349 g/mol. The molecule has 0 bridgehead atoms. The zero-order valence-electron chi connectivity index (χ0n) is 13.7. The zero-order chi connectivity index (χ0) is 16.3. The first kappa shape index (κ1) is 18.1. The van der Waals surface area contributed by atoms with Gasteiger partial charge in [0.25, 0.3) is 0 Å². The fourth-order valence-corrected chi connectivity index (χ4v) is 6.33. The highest BCUT2D eigenvalue weighted by atomic mass is 32.2. The highest BCUT2D eigenvalue weighted by Crippen LogP contribution is 2.24. The predicted molar refractivity (Wildman–Crippen MR) is 91.9 cm³/mol. The summed E-state index contributed by atoms with van der Waals surface area (Å²) in [5, 5.41) is 2.94. The molecule has 2 rings (SSSR count). The number of rotatable bonds is 6. The van der Waals surface area contributed by atoms with E-state index in [0.717, 1.165) is 31.7 Å². The number of likely N-dealkylation sites (tertiary alicyclic amines) is 1. The third-order valence-electron chi connectivity index (χ3n) is 4.47. The maximum absolute atomic E-state index is 12.6. The summed E-state index contributed by atoms with van der Waals surface area (Å²) in [5.41, 5.74) is 0. The molecule has 22 heavy (non-hydrogen) atoms. The molecular weight excluding hydrogens is 320 g/mol. The van der Waals surface area contributed by atoms with Crippen LogP contribution in [-0.2, 0) is 14.6 Å². The third kappa shape index (κ3) is 4.38. The van der Waals surface area contributed by atoms with E-state index in [1.807, 2.05) is 20.8 Å². The van der Waals surface area contributed by atoms with Crippen LogP contribution in [0.15, 0.2) is 0 Å². The maximum Gasteiger partial charge on any atom is 0.233 e. The molecule has 1 amide bonds. The molecule has 2 aliphatic rings. The van der Waals surface area contributed by atoms with Crippen molar-refractivity contribution in [1.29, 1.82) is 0 Å². The second kappa shape index (κ2) is 7.53. The second-order valence-electron chi connectivity index (χ2n) is 6.62. The van der Waals surface area contributed by atoms with Gasteiger partial charge in [-0.05, 0) is 37.6 Å².